The van der Waals surface area contributed by atoms with Gasteiger partial charge in [-0.15, -0.1) is 0 Å². The molecule has 0 amide bonds. The maximum Gasteiger partial charge on any atom is 0.338 e. The maximum atomic E-state index is 11.7. The van der Waals surface area contributed by atoms with Crippen molar-refractivity contribution < 1.29 is 14.6 Å². The second kappa shape index (κ2) is 5.47. The molecule has 0 aliphatic heterocycles. The number of esters is 1. The number of aromatic nitrogens is 1. The van der Waals surface area contributed by atoms with Gasteiger partial charge in [-0.25, -0.2) is 9.78 Å². The van der Waals surface area contributed by atoms with E-state index in [0.717, 1.165) is 0 Å². The van der Waals surface area contributed by atoms with Crippen molar-refractivity contribution in [3.8, 4) is 16.9 Å². The molecule has 2 aromatic rings. The van der Waals surface area contributed by atoms with Crippen molar-refractivity contribution in [3.05, 3.63) is 46.2 Å². The molecule has 0 fully saturated rings. The summed E-state index contributed by atoms with van der Waals surface area (Å²) in [7, 11) is 1.27. The summed E-state index contributed by atoms with van der Waals surface area (Å²) >= 11 is 11.7. The van der Waals surface area contributed by atoms with Crippen LogP contribution >= 0.6 is 23.2 Å². The van der Waals surface area contributed by atoms with E-state index in [1.807, 2.05) is 0 Å². The summed E-state index contributed by atoms with van der Waals surface area (Å²) < 4.78 is 4.68. The molecule has 1 heterocycles. The topological polar surface area (TPSA) is 59.4 Å². The SMILES string of the molecule is COC(=O)c1cc(O)ccc1-c1cc(Cl)nc(Cl)c1. The Hall–Kier alpha value is -1.78. The highest BCUT2D eigenvalue weighted by atomic mass is 35.5. The highest BCUT2D eigenvalue weighted by Gasteiger charge is 2.15. The smallest absolute Gasteiger partial charge is 0.338 e. The molecule has 0 saturated heterocycles. The highest BCUT2D eigenvalue weighted by molar-refractivity contribution is 6.32. The average molecular weight is 298 g/mol. The number of phenols is 1. The van der Waals surface area contributed by atoms with Crippen molar-refractivity contribution in [2.75, 3.05) is 7.11 Å². The zero-order chi connectivity index (χ0) is 14.0. The second-order valence-corrected chi connectivity index (χ2v) is 4.50. The molecule has 0 aliphatic rings. The molecule has 2 rings (SSSR count). The number of nitrogens with zero attached hydrogens (tertiary/aromatic N) is 1. The molecule has 0 bridgehead atoms. The van der Waals surface area contributed by atoms with Gasteiger partial charge in [-0.3, -0.25) is 0 Å². The third kappa shape index (κ3) is 2.97. The quantitative estimate of drug-likeness (QED) is 0.680. The Morgan fingerprint density at radius 2 is 1.84 bits per heavy atom. The Morgan fingerprint density at radius 1 is 1.21 bits per heavy atom. The summed E-state index contributed by atoms with van der Waals surface area (Å²) in [6.45, 7) is 0. The molecule has 98 valence electrons. The van der Waals surface area contributed by atoms with Gasteiger partial charge in [0.15, 0.2) is 0 Å². The van der Waals surface area contributed by atoms with Gasteiger partial charge in [-0.2, -0.15) is 0 Å². The van der Waals surface area contributed by atoms with Crippen LogP contribution in [-0.2, 0) is 4.74 Å². The number of benzene rings is 1. The Balaban J connectivity index is 2.64. The van der Waals surface area contributed by atoms with Crippen LogP contribution in [-0.4, -0.2) is 23.2 Å². The molecule has 0 radical (unpaired) electrons. The maximum absolute atomic E-state index is 11.7. The fourth-order valence-corrected chi connectivity index (χ4v) is 2.14. The number of ether oxygens (including phenoxy) is 1. The molecule has 0 spiro atoms. The van der Waals surface area contributed by atoms with Crippen LogP contribution in [0.2, 0.25) is 10.3 Å². The molecule has 0 unspecified atom stereocenters. The number of pyridine rings is 1. The third-order valence-electron chi connectivity index (χ3n) is 2.48. The van der Waals surface area contributed by atoms with E-state index in [9.17, 15) is 9.90 Å². The number of aromatic hydroxyl groups is 1. The van der Waals surface area contributed by atoms with E-state index in [-0.39, 0.29) is 21.6 Å². The molecular weight excluding hydrogens is 289 g/mol. The highest BCUT2D eigenvalue weighted by Crippen LogP contribution is 2.30. The van der Waals surface area contributed by atoms with Gasteiger partial charge in [0.25, 0.3) is 0 Å². The largest absolute Gasteiger partial charge is 0.508 e. The lowest BCUT2D eigenvalue weighted by molar-refractivity contribution is 0.0601. The molecular formula is C13H9Cl2NO3. The summed E-state index contributed by atoms with van der Waals surface area (Å²) in [5, 5.41) is 9.89. The van der Waals surface area contributed by atoms with Gasteiger partial charge in [0.05, 0.1) is 12.7 Å². The van der Waals surface area contributed by atoms with Gasteiger partial charge in [0, 0.05) is 0 Å². The Labute approximate surface area is 119 Å². The van der Waals surface area contributed by atoms with Crippen molar-refractivity contribution >= 4 is 29.2 Å². The van der Waals surface area contributed by atoms with Crippen LogP contribution in [0.15, 0.2) is 30.3 Å². The lowest BCUT2D eigenvalue weighted by Crippen LogP contribution is -2.03. The van der Waals surface area contributed by atoms with Crippen LogP contribution in [0.3, 0.4) is 0 Å². The fourth-order valence-electron chi connectivity index (χ4n) is 1.68. The Kier molecular flexibility index (Phi) is 3.93. The van der Waals surface area contributed by atoms with Gasteiger partial charge < -0.3 is 9.84 Å². The van der Waals surface area contributed by atoms with E-state index >= 15 is 0 Å². The number of hydrogen-bond donors (Lipinski definition) is 1. The molecule has 1 aromatic heterocycles. The molecule has 1 aromatic carbocycles. The summed E-state index contributed by atoms with van der Waals surface area (Å²) in [4.78, 5) is 15.6. The van der Waals surface area contributed by atoms with Crippen molar-refractivity contribution in [2.24, 2.45) is 0 Å². The molecule has 0 saturated carbocycles. The number of carbonyl (C=O) groups is 1. The van der Waals surface area contributed by atoms with Crippen LogP contribution in [0.25, 0.3) is 11.1 Å². The van der Waals surface area contributed by atoms with Crippen LogP contribution in [0.4, 0.5) is 0 Å². The molecule has 1 N–H and O–H groups in total. The van der Waals surface area contributed by atoms with Gasteiger partial charge in [0.1, 0.15) is 16.1 Å². The van der Waals surface area contributed by atoms with E-state index in [1.54, 1.807) is 18.2 Å². The fraction of sp³-hybridized carbons (Fsp3) is 0.0769. The minimum Gasteiger partial charge on any atom is -0.508 e. The minimum atomic E-state index is -0.560. The summed E-state index contributed by atoms with van der Waals surface area (Å²) in [5.74, 6) is -0.592. The molecule has 6 heteroatoms. The van der Waals surface area contributed by atoms with Crippen molar-refractivity contribution in [3.63, 3.8) is 0 Å². The first-order valence-electron chi connectivity index (χ1n) is 5.26. The van der Waals surface area contributed by atoms with E-state index in [2.05, 4.69) is 9.72 Å². The van der Waals surface area contributed by atoms with E-state index in [0.29, 0.717) is 11.1 Å². The predicted octanol–water partition coefficient (Wildman–Crippen LogP) is 3.55. The van der Waals surface area contributed by atoms with Gasteiger partial charge in [0.2, 0.25) is 0 Å². The summed E-state index contributed by atoms with van der Waals surface area (Å²) in [6, 6.07) is 7.52. The first kappa shape index (κ1) is 13.6. The standard InChI is InChI=1S/C13H9Cl2NO3/c1-19-13(18)10-6-8(17)2-3-9(10)7-4-11(14)16-12(15)5-7/h2-6,17H,1H3. The number of halogens is 2. The summed E-state index contributed by atoms with van der Waals surface area (Å²) in [6.07, 6.45) is 0. The number of rotatable bonds is 2. The van der Waals surface area contributed by atoms with Gasteiger partial charge in [-0.1, -0.05) is 23.2 Å². The number of phenolic OH excluding ortho intramolecular Hbond substituents is 1. The lowest BCUT2D eigenvalue weighted by Gasteiger charge is -2.09. The van der Waals surface area contributed by atoms with Crippen LogP contribution in [0.5, 0.6) is 5.75 Å². The first-order valence-corrected chi connectivity index (χ1v) is 6.01. The average Bonchev–Trinajstić information content (AvgIpc) is 2.36. The van der Waals surface area contributed by atoms with Crippen LogP contribution in [0.1, 0.15) is 10.4 Å². The van der Waals surface area contributed by atoms with Crippen molar-refractivity contribution in [1.82, 2.24) is 4.98 Å². The van der Waals surface area contributed by atoms with E-state index in [1.165, 1.54) is 19.2 Å². The third-order valence-corrected chi connectivity index (χ3v) is 2.87. The predicted molar refractivity (Wildman–Crippen MR) is 72.7 cm³/mol. The van der Waals surface area contributed by atoms with Crippen LogP contribution < -0.4 is 0 Å². The molecule has 0 atom stereocenters. The molecule has 0 aliphatic carbocycles. The van der Waals surface area contributed by atoms with Gasteiger partial charge in [-0.05, 0) is 41.5 Å². The van der Waals surface area contributed by atoms with E-state index < -0.39 is 5.97 Å². The number of carbonyl (C=O) groups excluding carboxylic acids is 1. The lowest BCUT2D eigenvalue weighted by atomic mass is 10.0. The molecule has 19 heavy (non-hydrogen) atoms. The van der Waals surface area contributed by atoms with Gasteiger partial charge >= 0.3 is 5.97 Å². The Bertz CT molecular complexity index is 624. The van der Waals surface area contributed by atoms with Crippen molar-refractivity contribution in [2.45, 2.75) is 0 Å². The normalized spacial score (nSPS) is 10.3. The second-order valence-electron chi connectivity index (χ2n) is 3.72. The van der Waals surface area contributed by atoms with Crippen LogP contribution in [0, 0.1) is 0 Å². The molecule has 4 nitrogen and oxygen atoms in total. The number of methoxy groups -OCH3 is 1. The monoisotopic (exact) mass is 297 g/mol. The Morgan fingerprint density at radius 3 is 2.42 bits per heavy atom. The van der Waals surface area contributed by atoms with Crippen molar-refractivity contribution in [1.29, 1.82) is 0 Å². The zero-order valence-corrected chi connectivity index (χ0v) is 11.4. The minimum absolute atomic E-state index is 0.0320. The van der Waals surface area contributed by atoms with E-state index in [4.69, 9.17) is 23.2 Å². The zero-order valence-electron chi connectivity index (χ0n) is 9.85. The first-order chi connectivity index (χ1) is 9.01. The summed E-state index contributed by atoms with van der Waals surface area (Å²) in [5.41, 5.74) is 1.39. The number of hydrogen-bond acceptors (Lipinski definition) is 4.